The number of nitro groups is 1. The minimum atomic E-state index is -3.77. The number of nitrogens with zero attached hydrogens (tertiary/aromatic N) is 3. The third kappa shape index (κ3) is 5.05. The summed E-state index contributed by atoms with van der Waals surface area (Å²) in [6, 6.07) is 21.5. The van der Waals surface area contributed by atoms with Crippen LogP contribution in [0.3, 0.4) is 0 Å². The number of carbonyl (C=O) groups excluding carboxylic acids is 1. The highest BCUT2D eigenvalue weighted by molar-refractivity contribution is 7.92. The van der Waals surface area contributed by atoms with Gasteiger partial charge in [-0.1, -0.05) is 30.3 Å². The predicted octanol–water partition coefficient (Wildman–Crippen LogP) is 3.83. The van der Waals surface area contributed by atoms with Gasteiger partial charge in [0.05, 0.1) is 21.2 Å². The van der Waals surface area contributed by atoms with E-state index in [9.17, 15) is 23.3 Å². The van der Waals surface area contributed by atoms with E-state index in [0.717, 1.165) is 0 Å². The summed E-state index contributed by atoms with van der Waals surface area (Å²) < 4.78 is 28.8. The molecule has 0 aliphatic carbocycles. The lowest BCUT2D eigenvalue weighted by molar-refractivity contribution is -0.384. The average Bonchev–Trinajstić information content (AvgIpc) is 3.30. The topological polar surface area (TPSA) is 136 Å². The number of carbonyl (C=O) groups is 1. The Labute approximate surface area is 188 Å². The molecule has 10 nitrogen and oxygen atoms in total. The summed E-state index contributed by atoms with van der Waals surface area (Å²) in [4.78, 5) is 23.2. The van der Waals surface area contributed by atoms with Crippen LogP contribution >= 0.6 is 0 Å². The molecule has 1 aromatic heterocycles. The highest BCUT2D eigenvalue weighted by Gasteiger charge is 2.15. The molecule has 0 spiro atoms. The maximum Gasteiger partial charge on any atom is 0.276 e. The fourth-order valence-corrected chi connectivity index (χ4v) is 4.08. The second-order valence-electron chi connectivity index (χ2n) is 6.88. The second-order valence-corrected chi connectivity index (χ2v) is 8.56. The molecule has 0 bridgehead atoms. The fourth-order valence-electron chi connectivity index (χ4n) is 3.01. The summed E-state index contributed by atoms with van der Waals surface area (Å²) in [7, 11) is -3.77. The molecule has 2 N–H and O–H groups in total. The monoisotopic (exact) mass is 463 g/mol. The zero-order valence-electron chi connectivity index (χ0n) is 17.0. The predicted molar refractivity (Wildman–Crippen MR) is 122 cm³/mol. The van der Waals surface area contributed by atoms with Crippen molar-refractivity contribution < 1.29 is 18.1 Å². The van der Waals surface area contributed by atoms with E-state index in [2.05, 4.69) is 15.1 Å². The Morgan fingerprint density at radius 1 is 0.909 bits per heavy atom. The smallest absolute Gasteiger partial charge is 0.276 e. The summed E-state index contributed by atoms with van der Waals surface area (Å²) in [5.74, 6) is -0.526. The van der Waals surface area contributed by atoms with E-state index in [1.807, 2.05) is 0 Å². The fraction of sp³-hybridized carbons (Fsp3) is 0. The Balaban J connectivity index is 1.49. The van der Waals surface area contributed by atoms with E-state index in [4.69, 9.17) is 0 Å². The SMILES string of the molecule is O=C(Nc1cccc(NS(=O)(=O)c2ccccc2)c1)c1ccn(-c2cccc([N+](=O)[O-])c2)n1. The van der Waals surface area contributed by atoms with Gasteiger partial charge in [-0.25, -0.2) is 13.1 Å². The number of hydrogen-bond acceptors (Lipinski definition) is 6. The van der Waals surface area contributed by atoms with Gasteiger partial charge >= 0.3 is 0 Å². The lowest BCUT2D eigenvalue weighted by atomic mass is 10.2. The van der Waals surface area contributed by atoms with E-state index < -0.39 is 20.9 Å². The third-order valence-corrected chi connectivity index (χ3v) is 5.95. The third-order valence-electron chi connectivity index (χ3n) is 4.55. The van der Waals surface area contributed by atoms with Gasteiger partial charge in [-0.3, -0.25) is 19.6 Å². The Morgan fingerprint density at radius 2 is 1.64 bits per heavy atom. The molecule has 0 fully saturated rings. The summed E-state index contributed by atoms with van der Waals surface area (Å²) in [6.07, 6.45) is 1.51. The minimum Gasteiger partial charge on any atom is -0.321 e. The number of nitrogens with one attached hydrogen (secondary N) is 2. The summed E-state index contributed by atoms with van der Waals surface area (Å²) in [5.41, 5.74) is 1.05. The number of hydrogen-bond donors (Lipinski definition) is 2. The van der Waals surface area contributed by atoms with Crippen LogP contribution in [0.1, 0.15) is 10.5 Å². The second kappa shape index (κ2) is 8.93. The first-order valence-electron chi connectivity index (χ1n) is 9.62. The van der Waals surface area contributed by atoms with Crippen LogP contribution in [-0.4, -0.2) is 29.0 Å². The minimum absolute atomic E-state index is 0.0803. The van der Waals surface area contributed by atoms with Crippen molar-refractivity contribution in [1.29, 1.82) is 0 Å². The first kappa shape index (κ1) is 21.7. The van der Waals surface area contributed by atoms with Gasteiger partial charge in [-0.05, 0) is 42.5 Å². The van der Waals surface area contributed by atoms with E-state index in [1.165, 1.54) is 53.3 Å². The number of benzene rings is 3. The van der Waals surface area contributed by atoms with E-state index >= 15 is 0 Å². The van der Waals surface area contributed by atoms with Crippen molar-refractivity contribution in [3.8, 4) is 5.69 Å². The van der Waals surface area contributed by atoms with Crippen molar-refractivity contribution in [3.63, 3.8) is 0 Å². The molecule has 0 aliphatic rings. The summed E-state index contributed by atoms with van der Waals surface area (Å²) in [5, 5.41) is 17.8. The molecule has 3 aromatic carbocycles. The molecule has 33 heavy (non-hydrogen) atoms. The van der Waals surface area contributed by atoms with Crippen molar-refractivity contribution in [1.82, 2.24) is 9.78 Å². The molecular weight excluding hydrogens is 446 g/mol. The van der Waals surface area contributed by atoms with Gasteiger partial charge in [0.15, 0.2) is 5.69 Å². The van der Waals surface area contributed by atoms with Crippen molar-refractivity contribution >= 4 is 33.0 Å². The molecule has 4 rings (SSSR count). The molecule has 4 aromatic rings. The Morgan fingerprint density at radius 3 is 2.39 bits per heavy atom. The quantitative estimate of drug-likeness (QED) is 0.316. The van der Waals surface area contributed by atoms with Gasteiger partial charge in [-0.2, -0.15) is 5.10 Å². The van der Waals surface area contributed by atoms with Gasteiger partial charge in [0.2, 0.25) is 0 Å². The lowest BCUT2D eigenvalue weighted by Crippen LogP contribution is -2.15. The summed E-state index contributed by atoms with van der Waals surface area (Å²) in [6.45, 7) is 0. The van der Waals surface area contributed by atoms with E-state index in [1.54, 1.807) is 42.5 Å². The number of amides is 1. The maximum atomic E-state index is 12.6. The molecule has 0 unspecified atom stereocenters. The number of anilines is 2. The molecule has 11 heteroatoms. The van der Waals surface area contributed by atoms with E-state index in [-0.39, 0.29) is 22.0 Å². The van der Waals surface area contributed by atoms with Crippen LogP contribution in [0, 0.1) is 10.1 Å². The Kier molecular flexibility index (Phi) is 5.87. The van der Waals surface area contributed by atoms with Gasteiger partial charge in [0.25, 0.3) is 21.6 Å². The Bertz CT molecular complexity index is 1430. The average molecular weight is 463 g/mol. The zero-order valence-corrected chi connectivity index (χ0v) is 17.8. The highest BCUT2D eigenvalue weighted by atomic mass is 32.2. The van der Waals surface area contributed by atoms with E-state index in [0.29, 0.717) is 11.4 Å². The van der Waals surface area contributed by atoms with Gasteiger partial charge in [-0.15, -0.1) is 0 Å². The first-order valence-corrected chi connectivity index (χ1v) is 11.1. The number of non-ortho nitro benzene ring substituents is 1. The molecule has 0 radical (unpaired) electrons. The van der Waals surface area contributed by atoms with Gasteiger partial charge in [0.1, 0.15) is 0 Å². The molecule has 1 heterocycles. The standard InChI is InChI=1S/C22H17N5O5S/c28-22(21-12-13-26(24-21)18-8-5-9-19(15-18)27(29)30)23-16-6-4-7-17(14-16)25-33(31,32)20-10-2-1-3-11-20/h1-15,25H,(H,23,28). The molecule has 0 saturated carbocycles. The van der Waals surface area contributed by atoms with Crippen molar-refractivity contribution in [2.75, 3.05) is 10.0 Å². The van der Waals surface area contributed by atoms with Crippen LogP contribution in [-0.2, 0) is 10.0 Å². The molecule has 166 valence electrons. The molecule has 0 saturated heterocycles. The lowest BCUT2D eigenvalue weighted by Gasteiger charge is -2.10. The van der Waals surface area contributed by atoms with Crippen LogP contribution < -0.4 is 10.0 Å². The normalized spacial score (nSPS) is 11.0. The molecule has 0 atom stereocenters. The molecule has 1 amide bonds. The van der Waals surface area contributed by atoms with Crippen LogP contribution in [0.4, 0.5) is 17.1 Å². The molecular formula is C22H17N5O5S. The zero-order chi connectivity index (χ0) is 23.4. The number of nitro benzene ring substituents is 1. The van der Waals surface area contributed by atoms with Crippen molar-refractivity contribution in [2.45, 2.75) is 4.90 Å². The molecule has 0 aliphatic heterocycles. The number of aromatic nitrogens is 2. The van der Waals surface area contributed by atoms with Crippen LogP contribution in [0.5, 0.6) is 0 Å². The van der Waals surface area contributed by atoms with Crippen LogP contribution in [0.2, 0.25) is 0 Å². The summed E-state index contributed by atoms with van der Waals surface area (Å²) >= 11 is 0. The van der Waals surface area contributed by atoms with Crippen molar-refractivity contribution in [3.05, 3.63) is 107 Å². The highest BCUT2D eigenvalue weighted by Crippen LogP contribution is 2.20. The number of rotatable bonds is 7. The van der Waals surface area contributed by atoms with Crippen LogP contribution in [0.15, 0.2) is 96.0 Å². The number of sulfonamides is 1. The largest absolute Gasteiger partial charge is 0.321 e. The first-order chi connectivity index (χ1) is 15.8. The van der Waals surface area contributed by atoms with Crippen molar-refractivity contribution in [2.24, 2.45) is 0 Å². The van der Waals surface area contributed by atoms with Gasteiger partial charge < -0.3 is 5.32 Å². The van der Waals surface area contributed by atoms with Crippen LogP contribution in [0.25, 0.3) is 5.69 Å². The maximum absolute atomic E-state index is 12.6. The van der Waals surface area contributed by atoms with Gasteiger partial charge in [0, 0.05) is 24.0 Å². The Hall–Kier alpha value is -4.51.